The second kappa shape index (κ2) is 8.72. The fourth-order valence-electron chi connectivity index (χ4n) is 1.28. The normalized spacial score (nSPS) is 9.48. The van der Waals surface area contributed by atoms with Gasteiger partial charge in [-0.1, -0.05) is 0 Å². The van der Waals surface area contributed by atoms with E-state index in [4.69, 9.17) is 0 Å². The van der Waals surface area contributed by atoms with E-state index in [0.717, 1.165) is 0 Å². The van der Waals surface area contributed by atoms with Gasteiger partial charge >= 0.3 is 11.4 Å². The first-order valence-electron chi connectivity index (χ1n) is 5.62. The Morgan fingerprint density at radius 2 is 1.62 bits per heavy atom. The van der Waals surface area contributed by atoms with Gasteiger partial charge in [-0.15, -0.1) is 12.4 Å². The molecule has 0 aliphatic rings. The van der Waals surface area contributed by atoms with Crippen molar-refractivity contribution in [2.75, 3.05) is 14.1 Å². The van der Waals surface area contributed by atoms with Crippen molar-refractivity contribution < 1.29 is 0 Å². The molecule has 116 valence electrons. The molecule has 0 saturated carbocycles. The van der Waals surface area contributed by atoms with E-state index in [1.54, 1.807) is 0 Å². The van der Waals surface area contributed by atoms with Crippen molar-refractivity contribution in [2.24, 2.45) is 0 Å². The second-order valence-corrected chi connectivity index (χ2v) is 4.13. The average Bonchev–Trinajstić information content (AvgIpc) is 2.33. The number of aromatic nitrogens is 4. The Bertz CT molecular complexity index is 748. The van der Waals surface area contributed by atoms with Crippen molar-refractivity contribution in [3.05, 3.63) is 65.7 Å². The van der Waals surface area contributed by atoms with Crippen molar-refractivity contribution in [1.29, 1.82) is 0 Å². The van der Waals surface area contributed by atoms with Crippen molar-refractivity contribution in [1.82, 2.24) is 24.8 Å². The molecule has 2 aromatic rings. The highest BCUT2D eigenvalue weighted by atomic mass is 35.5. The Morgan fingerprint density at radius 3 is 2.05 bits per heavy atom. The molecule has 0 aliphatic heterocycles. The third-order valence-corrected chi connectivity index (χ3v) is 2.07. The van der Waals surface area contributed by atoms with Crippen molar-refractivity contribution in [3.63, 3.8) is 0 Å². The number of nitrogens with zero attached hydrogens (tertiary/aromatic N) is 1. The first-order valence-corrected chi connectivity index (χ1v) is 5.62. The molecule has 21 heavy (non-hydrogen) atoms. The standard InChI is InChI=1S/C7H11N3O2.C4H4N2O2.ClH/c1-10(2)4-5-3-8-7(12)9-6(5)11;7-3-1-2-5-4(8)6-3;/h3H,4H2,1-2H3,(H2,8,9,11,12);1-2H,(H2,5,6,7,8);1H. The minimum absolute atomic E-state index is 0. The van der Waals surface area contributed by atoms with Gasteiger partial charge in [-0.3, -0.25) is 19.6 Å². The maximum atomic E-state index is 11.1. The number of nitrogens with one attached hydrogen (secondary N) is 4. The SMILES string of the molecule is CN(C)Cc1c[nH]c(=O)[nH]c1=O.Cl.O=c1cc[nH]c(=O)[nH]1. The number of hydrogen-bond donors (Lipinski definition) is 4. The van der Waals surface area contributed by atoms with E-state index in [1.165, 1.54) is 18.5 Å². The zero-order chi connectivity index (χ0) is 15.1. The lowest BCUT2D eigenvalue weighted by Crippen LogP contribution is -2.27. The number of H-pyrrole nitrogens is 4. The number of rotatable bonds is 2. The summed E-state index contributed by atoms with van der Waals surface area (Å²) in [6.45, 7) is 0.520. The predicted octanol–water partition coefficient (Wildman–Crippen LogP) is -1.39. The summed E-state index contributed by atoms with van der Waals surface area (Å²) < 4.78 is 0. The van der Waals surface area contributed by atoms with Crippen LogP contribution in [0.1, 0.15) is 5.56 Å². The van der Waals surface area contributed by atoms with E-state index in [-0.39, 0.29) is 23.5 Å². The smallest absolute Gasteiger partial charge is 0.314 e. The van der Waals surface area contributed by atoms with Gasteiger partial charge in [0.15, 0.2) is 0 Å². The molecule has 9 nitrogen and oxygen atoms in total. The quantitative estimate of drug-likeness (QED) is 0.541. The molecule has 0 atom stereocenters. The summed E-state index contributed by atoms with van der Waals surface area (Å²) in [6.07, 6.45) is 2.72. The molecular formula is C11H16ClN5O4. The Hall–Kier alpha value is -2.39. The van der Waals surface area contributed by atoms with E-state index in [1.807, 2.05) is 24.0 Å². The van der Waals surface area contributed by atoms with E-state index in [9.17, 15) is 19.2 Å². The molecule has 0 radical (unpaired) electrons. The largest absolute Gasteiger partial charge is 0.325 e. The molecule has 0 bridgehead atoms. The summed E-state index contributed by atoms with van der Waals surface area (Å²) in [4.78, 5) is 52.7. The Balaban J connectivity index is 0.000000390. The third-order valence-electron chi connectivity index (χ3n) is 2.07. The van der Waals surface area contributed by atoms with Gasteiger partial charge in [0, 0.05) is 30.6 Å². The van der Waals surface area contributed by atoms with Gasteiger partial charge in [0.2, 0.25) is 0 Å². The molecule has 0 saturated heterocycles. The van der Waals surface area contributed by atoms with Crippen molar-refractivity contribution in [2.45, 2.75) is 6.54 Å². The number of hydrogen-bond acceptors (Lipinski definition) is 5. The van der Waals surface area contributed by atoms with Crippen LogP contribution in [0.5, 0.6) is 0 Å². The molecule has 0 amide bonds. The molecule has 0 fully saturated rings. The highest BCUT2D eigenvalue weighted by Crippen LogP contribution is 1.88. The van der Waals surface area contributed by atoms with E-state index >= 15 is 0 Å². The fraction of sp³-hybridized carbons (Fsp3) is 0.273. The van der Waals surface area contributed by atoms with E-state index < -0.39 is 11.4 Å². The number of halogens is 1. The first kappa shape index (κ1) is 18.6. The molecule has 10 heteroatoms. The van der Waals surface area contributed by atoms with E-state index in [0.29, 0.717) is 12.1 Å². The zero-order valence-electron chi connectivity index (χ0n) is 11.4. The van der Waals surface area contributed by atoms with Crippen LogP contribution in [0.25, 0.3) is 0 Å². The molecule has 2 rings (SSSR count). The molecule has 4 N–H and O–H groups in total. The summed E-state index contributed by atoms with van der Waals surface area (Å²) in [7, 11) is 3.70. The van der Waals surface area contributed by atoms with E-state index in [2.05, 4.69) is 15.0 Å². The maximum Gasteiger partial charge on any atom is 0.325 e. The number of aromatic amines is 4. The van der Waals surface area contributed by atoms with Crippen LogP contribution in [0.4, 0.5) is 0 Å². The predicted molar refractivity (Wildman–Crippen MR) is 80.0 cm³/mol. The van der Waals surface area contributed by atoms with Crippen molar-refractivity contribution in [3.8, 4) is 0 Å². The highest BCUT2D eigenvalue weighted by Gasteiger charge is 2.00. The molecule has 2 aromatic heterocycles. The summed E-state index contributed by atoms with van der Waals surface area (Å²) >= 11 is 0. The molecule has 0 aromatic carbocycles. The second-order valence-electron chi connectivity index (χ2n) is 4.13. The van der Waals surface area contributed by atoms with Crippen LogP contribution in [0, 0.1) is 0 Å². The fourth-order valence-corrected chi connectivity index (χ4v) is 1.28. The first-order chi connectivity index (χ1) is 9.38. The molecule has 0 aliphatic carbocycles. The van der Waals surface area contributed by atoms with Gasteiger partial charge in [0.05, 0.1) is 0 Å². The third kappa shape index (κ3) is 7.09. The van der Waals surface area contributed by atoms with Crippen LogP contribution >= 0.6 is 12.4 Å². The van der Waals surface area contributed by atoms with Gasteiger partial charge in [0.25, 0.3) is 11.1 Å². The summed E-state index contributed by atoms with van der Waals surface area (Å²) in [5.41, 5.74) is -1.10. The Kier molecular flexibility index (Phi) is 7.72. The lowest BCUT2D eigenvalue weighted by atomic mass is 10.3. The Labute approximate surface area is 124 Å². The van der Waals surface area contributed by atoms with Crippen LogP contribution in [-0.4, -0.2) is 38.9 Å². The Morgan fingerprint density at radius 1 is 1.00 bits per heavy atom. The van der Waals surface area contributed by atoms with Crippen LogP contribution in [0.3, 0.4) is 0 Å². The summed E-state index contributed by atoms with van der Waals surface area (Å²) in [6, 6.07) is 1.24. The minimum atomic E-state index is -0.475. The monoisotopic (exact) mass is 317 g/mol. The molecule has 0 unspecified atom stereocenters. The zero-order valence-corrected chi connectivity index (χ0v) is 12.2. The maximum absolute atomic E-state index is 11.1. The molecule has 2 heterocycles. The van der Waals surface area contributed by atoms with Gasteiger partial charge in [0.1, 0.15) is 0 Å². The van der Waals surface area contributed by atoms with Crippen LogP contribution < -0.4 is 22.5 Å². The summed E-state index contributed by atoms with van der Waals surface area (Å²) in [5.74, 6) is 0. The van der Waals surface area contributed by atoms with Crippen molar-refractivity contribution >= 4 is 12.4 Å². The minimum Gasteiger partial charge on any atom is -0.314 e. The lowest BCUT2D eigenvalue weighted by molar-refractivity contribution is 0.399. The van der Waals surface area contributed by atoms with Gasteiger partial charge in [-0.05, 0) is 14.1 Å². The van der Waals surface area contributed by atoms with Crippen LogP contribution in [0.2, 0.25) is 0 Å². The summed E-state index contributed by atoms with van der Waals surface area (Å²) in [5, 5.41) is 0. The topological polar surface area (TPSA) is 135 Å². The van der Waals surface area contributed by atoms with Crippen LogP contribution in [0.15, 0.2) is 37.6 Å². The van der Waals surface area contributed by atoms with Crippen LogP contribution in [-0.2, 0) is 6.54 Å². The highest BCUT2D eigenvalue weighted by molar-refractivity contribution is 5.85. The van der Waals surface area contributed by atoms with Gasteiger partial charge < -0.3 is 14.9 Å². The van der Waals surface area contributed by atoms with Gasteiger partial charge in [-0.25, -0.2) is 9.59 Å². The lowest BCUT2D eigenvalue weighted by Gasteiger charge is -2.06. The molecular weight excluding hydrogens is 302 g/mol. The average molecular weight is 318 g/mol. The van der Waals surface area contributed by atoms with Gasteiger partial charge in [-0.2, -0.15) is 0 Å². The molecule has 0 spiro atoms.